The Labute approximate surface area is 196 Å². The molecule has 2 heterocycles. The van der Waals surface area contributed by atoms with Gasteiger partial charge in [-0.2, -0.15) is 5.10 Å². The fourth-order valence-corrected chi connectivity index (χ4v) is 4.82. The molecule has 2 atom stereocenters. The quantitative estimate of drug-likeness (QED) is 0.337. The monoisotopic (exact) mass is 470 g/mol. The first-order valence-corrected chi connectivity index (χ1v) is 11.7. The number of aromatic nitrogens is 4. The first kappa shape index (κ1) is 22.7. The van der Waals surface area contributed by atoms with E-state index >= 15 is 0 Å². The van der Waals surface area contributed by atoms with E-state index in [1.807, 2.05) is 48.6 Å². The smallest absolute Gasteiger partial charge is 0.203 e. The second-order valence-electron chi connectivity index (χ2n) is 8.19. The van der Waals surface area contributed by atoms with E-state index in [-0.39, 0.29) is 17.9 Å². The van der Waals surface area contributed by atoms with E-state index in [0.29, 0.717) is 11.4 Å². The van der Waals surface area contributed by atoms with E-state index in [1.165, 1.54) is 16.8 Å². The van der Waals surface area contributed by atoms with Crippen molar-refractivity contribution in [1.29, 1.82) is 0 Å². The van der Waals surface area contributed by atoms with E-state index in [1.54, 1.807) is 23.5 Å². The second-order valence-corrected chi connectivity index (χ2v) is 9.61. The van der Waals surface area contributed by atoms with Crippen LogP contribution in [-0.4, -0.2) is 50.3 Å². The molecule has 2 aromatic heterocycles. The molecular formula is C23H27FN6S2. The molecule has 0 spiro atoms. The van der Waals surface area contributed by atoms with E-state index in [4.69, 9.17) is 22.3 Å². The van der Waals surface area contributed by atoms with Crippen molar-refractivity contribution in [2.75, 3.05) is 21.1 Å². The third kappa shape index (κ3) is 4.38. The summed E-state index contributed by atoms with van der Waals surface area (Å²) in [6.07, 6.45) is 0. The van der Waals surface area contributed by atoms with Crippen LogP contribution in [0.3, 0.4) is 0 Å². The predicted molar refractivity (Wildman–Crippen MR) is 130 cm³/mol. The van der Waals surface area contributed by atoms with Crippen LogP contribution < -0.4 is 0 Å². The summed E-state index contributed by atoms with van der Waals surface area (Å²) in [7, 11) is 6.05. The van der Waals surface area contributed by atoms with Crippen LogP contribution in [-0.2, 0) is 6.67 Å². The molecule has 2 aromatic carbocycles. The zero-order valence-corrected chi connectivity index (χ0v) is 20.5. The first-order valence-electron chi connectivity index (χ1n) is 10.4. The van der Waals surface area contributed by atoms with Gasteiger partial charge in [-0.1, -0.05) is 12.1 Å². The van der Waals surface area contributed by atoms with Gasteiger partial charge in [-0.15, -0.1) is 11.3 Å². The Balaban J connectivity index is 1.67. The minimum atomic E-state index is -0.278. The van der Waals surface area contributed by atoms with Gasteiger partial charge in [-0.3, -0.25) is 14.4 Å². The number of benzene rings is 2. The molecule has 0 unspecified atom stereocenters. The lowest BCUT2D eigenvalue weighted by Crippen LogP contribution is -2.26. The topological polar surface area (TPSA) is 42.1 Å². The number of halogens is 1. The van der Waals surface area contributed by atoms with Gasteiger partial charge in [0.1, 0.15) is 10.8 Å². The molecule has 0 saturated heterocycles. The highest BCUT2D eigenvalue weighted by atomic mass is 32.1. The lowest BCUT2D eigenvalue weighted by atomic mass is 10.2. The lowest BCUT2D eigenvalue weighted by Gasteiger charge is -2.22. The molecule has 4 rings (SSSR count). The van der Waals surface area contributed by atoms with Crippen LogP contribution in [0.2, 0.25) is 0 Å². The summed E-state index contributed by atoms with van der Waals surface area (Å²) in [5, 5.41) is 5.93. The van der Waals surface area contributed by atoms with Crippen LogP contribution in [0.15, 0.2) is 48.5 Å². The van der Waals surface area contributed by atoms with Crippen molar-refractivity contribution < 1.29 is 4.39 Å². The van der Waals surface area contributed by atoms with Crippen molar-refractivity contribution in [1.82, 2.24) is 29.1 Å². The fourth-order valence-electron chi connectivity index (χ4n) is 3.44. The van der Waals surface area contributed by atoms with Crippen molar-refractivity contribution >= 4 is 33.8 Å². The SMILES string of the molecule is C[C@@H](c1nn(CN(C)[C@@H](C)c2nc3ccccc3s2)c(=S)n1-c1ccc(F)cc1)N(C)C. The van der Waals surface area contributed by atoms with Crippen molar-refractivity contribution in [2.45, 2.75) is 32.6 Å². The Morgan fingerprint density at radius 2 is 1.72 bits per heavy atom. The zero-order valence-electron chi connectivity index (χ0n) is 18.9. The van der Waals surface area contributed by atoms with Crippen LogP contribution >= 0.6 is 23.6 Å². The van der Waals surface area contributed by atoms with E-state index in [9.17, 15) is 4.39 Å². The number of fused-ring (bicyclic) bond motifs is 1. The Kier molecular flexibility index (Phi) is 6.52. The summed E-state index contributed by atoms with van der Waals surface area (Å²) in [5.41, 5.74) is 1.82. The summed E-state index contributed by atoms with van der Waals surface area (Å²) >= 11 is 7.53. The number of rotatable bonds is 7. The molecule has 0 fully saturated rings. The summed E-state index contributed by atoms with van der Waals surface area (Å²) in [6, 6.07) is 14.7. The lowest BCUT2D eigenvalue weighted by molar-refractivity contribution is 0.193. The third-order valence-corrected chi connectivity index (χ3v) is 7.38. The minimum absolute atomic E-state index is 0.0231. The van der Waals surface area contributed by atoms with Crippen LogP contribution in [0.1, 0.15) is 36.8 Å². The maximum atomic E-state index is 13.5. The van der Waals surface area contributed by atoms with Crippen molar-refractivity contribution in [2.24, 2.45) is 0 Å². The number of thiazole rings is 1. The normalized spacial score (nSPS) is 13.9. The zero-order chi connectivity index (χ0) is 23.0. The van der Waals surface area contributed by atoms with Gasteiger partial charge >= 0.3 is 0 Å². The molecule has 0 bridgehead atoms. The summed E-state index contributed by atoms with van der Waals surface area (Å²) in [4.78, 5) is 9.06. The van der Waals surface area contributed by atoms with Gasteiger partial charge in [-0.05, 0) is 83.6 Å². The van der Waals surface area contributed by atoms with E-state index in [0.717, 1.165) is 22.0 Å². The Morgan fingerprint density at radius 3 is 2.38 bits per heavy atom. The van der Waals surface area contributed by atoms with E-state index < -0.39 is 0 Å². The first-order chi connectivity index (χ1) is 15.3. The van der Waals surface area contributed by atoms with Gasteiger partial charge in [0.2, 0.25) is 4.77 Å². The highest BCUT2D eigenvalue weighted by Gasteiger charge is 2.22. The number of nitrogens with zero attached hydrogens (tertiary/aromatic N) is 6. The molecule has 9 heteroatoms. The molecule has 6 nitrogen and oxygen atoms in total. The molecule has 32 heavy (non-hydrogen) atoms. The maximum Gasteiger partial charge on any atom is 0.203 e. The average Bonchev–Trinajstić information content (AvgIpc) is 3.34. The molecular weight excluding hydrogens is 443 g/mol. The van der Waals surface area contributed by atoms with Crippen molar-refractivity contribution in [3.63, 3.8) is 0 Å². The molecule has 0 saturated carbocycles. The van der Waals surface area contributed by atoms with Crippen LogP contribution in [0.5, 0.6) is 0 Å². The van der Waals surface area contributed by atoms with Crippen LogP contribution in [0, 0.1) is 10.6 Å². The highest BCUT2D eigenvalue weighted by molar-refractivity contribution is 7.71. The molecule has 4 aromatic rings. The van der Waals surface area contributed by atoms with E-state index in [2.05, 4.69) is 29.7 Å². The summed E-state index contributed by atoms with van der Waals surface area (Å²) < 4.78 is 19.0. The Bertz CT molecular complexity index is 1240. The molecule has 0 aliphatic carbocycles. The van der Waals surface area contributed by atoms with Gasteiger partial charge in [0.15, 0.2) is 5.82 Å². The average molecular weight is 471 g/mol. The molecule has 0 aliphatic rings. The number of para-hydroxylation sites is 1. The standard InChI is InChI=1S/C23H27FN6S2/c1-15(27(3)4)21-26-29(23(31)30(21)18-12-10-17(24)11-13-18)14-28(5)16(2)22-25-19-8-6-7-9-20(19)32-22/h6-13,15-16H,14H2,1-5H3/t15-,16-/m0/s1. The molecule has 0 radical (unpaired) electrons. The largest absolute Gasteiger partial charge is 0.300 e. The molecule has 0 N–H and O–H groups in total. The van der Waals surface area contributed by atoms with Crippen molar-refractivity contribution in [3.05, 3.63) is 70.0 Å². The van der Waals surface area contributed by atoms with Gasteiger partial charge in [0.05, 0.1) is 29.0 Å². The predicted octanol–water partition coefficient (Wildman–Crippen LogP) is 5.43. The van der Waals surface area contributed by atoms with Crippen LogP contribution in [0.4, 0.5) is 4.39 Å². The molecule has 0 aliphatic heterocycles. The fraction of sp³-hybridized carbons (Fsp3) is 0.348. The van der Waals surface area contributed by atoms with Gasteiger partial charge < -0.3 is 0 Å². The second kappa shape index (κ2) is 9.19. The number of hydrogen-bond acceptors (Lipinski definition) is 6. The summed E-state index contributed by atoms with van der Waals surface area (Å²) in [6.45, 7) is 4.73. The third-order valence-electron chi connectivity index (χ3n) is 5.78. The van der Waals surface area contributed by atoms with Crippen LogP contribution in [0.25, 0.3) is 15.9 Å². The molecule has 0 amide bonds. The Hall–Kier alpha value is -2.46. The minimum Gasteiger partial charge on any atom is -0.300 e. The maximum absolute atomic E-state index is 13.5. The summed E-state index contributed by atoms with van der Waals surface area (Å²) in [5.74, 6) is 0.534. The van der Waals surface area contributed by atoms with Gasteiger partial charge in [0.25, 0.3) is 0 Å². The van der Waals surface area contributed by atoms with Gasteiger partial charge in [-0.25, -0.2) is 14.1 Å². The Morgan fingerprint density at radius 1 is 1.03 bits per heavy atom. The highest BCUT2D eigenvalue weighted by Crippen LogP contribution is 2.29. The van der Waals surface area contributed by atoms with Gasteiger partial charge in [0, 0.05) is 5.69 Å². The molecule has 168 valence electrons. The number of hydrogen-bond donors (Lipinski definition) is 0. The van der Waals surface area contributed by atoms with Crippen molar-refractivity contribution in [3.8, 4) is 5.69 Å².